The molecule has 4 heteroatoms. The summed E-state index contributed by atoms with van der Waals surface area (Å²) in [5.74, 6) is 0.996. The smallest absolute Gasteiger partial charge is 0.269 e. The number of nitrogens with one attached hydrogen (secondary N) is 1. The van der Waals surface area contributed by atoms with Gasteiger partial charge in [-0.05, 0) is 43.4 Å². The Labute approximate surface area is 108 Å². The molecule has 2 unspecified atom stereocenters. The molecule has 98 valence electrons. The van der Waals surface area contributed by atoms with Crippen LogP contribution in [0, 0.1) is 11.8 Å². The lowest BCUT2D eigenvalue weighted by Crippen LogP contribution is -2.37. The molecule has 1 aliphatic rings. The molecular formula is C14H21N3O. The second kappa shape index (κ2) is 6.50. The molecule has 1 heterocycles. The quantitative estimate of drug-likeness (QED) is 0.848. The Balaban J connectivity index is 1.85. The number of nitrogens with two attached hydrogens (primary N) is 1. The predicted octanol–water partition coefficient (Wildman–Crippen LogP) is 1.58. The Morgan fingerprint density at radius 2 is 2.11 bits per heavy atom. The van der Waals surface area contributed by atoms with Gasteiger partial charge in [-0.15, -0.1) is 0 Å². The van der Waals surface area contributed by atoms with Gasteiger partial charge >= 0.3 is 0 Å². The zero-order valence-electron chi connectivity index (χ0n) is 10.6. The van der Waals surface area contributed by atoms with Crippen LogP contribution in [-0.2, 0) is 0 Å². The molecule has 1 amide bonds. The average Bonchev–Trinajstić information content (AvgIpc) is 2.46. The van der Waals surface area contributed by atoms with E-state index in [0.29, 0.717) is 17.5 Å². The summed E-state index contributed by atoms with van der Waals surface area (Å²) < 4.78 is 0. The van der Waals surface area contributed by atoms with E-state index in [-0.39, 0.29) is 5.91 Å². The molecule has 1 saturated carbocycles. The van der Waals surface area contributed by atoms with Crippen LogP contribution in [0.25, 0.3) is 0 Å². The summed E-state index contributed by atoms with van der Waals surface area (Å²) >= 11 is 0. The van der Waals surface area contributed by atoms with Crippen molar-refractivity contribution < 1.29 is 4.79 Å². The average molecular weight is 247 g/mol. The van der Waals surface area contributed by atoms with Crippen molar-refractivity contribution in [2.75, 3.05) is 13.1 Å². The Morgan fingerprint density at radius 1 is 1.33 bits per heavy atom. The van der Waals surface area contributed by atoms with Crippen molar-refractivity contribution in [3.63, 3.8) is 0 Å². The van der Waals surface area contributed by atoms with E-state index < -0.39 is 0 Å². The van der Waals surface area contributed by atoms with Crippen LogP contribution in [0.3, 0.4) is 0 Å². The van der Waals surface area contributed by atoms with E-state index in [1.807, 2.05) is 12.1 Å². The third-order valence-corrected chi connectivity index (χ3v) is 3.79. The molecule has 1 aliphatic carbocycles. The number of hydrogen-bond donors (Lipinski definition) is 2. The Hall–Kier alpha value is -1.42. The molecule has 0 spiro atoms. The van der Waals surface area contributed by atoms with Gasteiger partial charge in [0.05, 0.1) is 0 Å². The summed E-state index contributed by atoms with van der Waals surface area (Å²) in [6.45, 7) is 1.45. The van der Waals surface area contributed by atoms with Crippen LogP contribution in [0.2, 0.25) is 0 Å². The number of carbonyl (C=O) groups is 1. The van der Waals surface area contributed by atoms with Crippen molar-refractivity contribution in [3.8, 4) is 0 Å². The first kappa shape index (κ1) is 13.0. The van der Waals surface area contributed by atoms with Crippen LogP contribution in [0.15, 0.2) is 24.4 Å². The van der Waals surface area contributed by atoms with Crippen LogP contribution in [0.5, 0.6) is 0 Å². The Morgan fingerprint density at radius 3 is 2.78 bits per heavy atom. The van der Waals surface area contributed by atoms with Gasteiger partial charge in [-0.2, -0.15) is 0 Å². The highest BCUT2D eigenvalue weighted by Gasteiger charge is 2.24. The van der Waals surface area contributed by atoms with Gasteiger partial charge in [0.25, 0.3) is 5.91 Å². The summed E-state index contributed by atoms with van der Waals surface area (Å²) in [7, 11) is 0. The Kier molecular flexibility index (Phi) is 4.70. The van der Waals surface area contributed by atoms with E-state index >= 15 is 0 Å². The first-order chi connectivity index (χ1) is 8.81. The van der Waals surface area contributed by atoms with Gasteiger partial charge in [-0.3, -0.25) is 9.78 Å². The maximum absolute atomic E-state index is 11.9. The van der Waals surface area contributed by atoms with Crippen molar-refractivity contribution >= 4 is 5.91 Å². The number of aromatic nitrogens is 1. The molecule has 0 bridgehead atoms. The summed E-state index contributed by atoms with van der Waals surface area (Å²) in [5, 5.41) is 2.98. The van der Waals surface area contributed by atoms with Crippen molar-refractivity contribution in [1.29, 1.82) is 0 Å². The summed E-state index contributed by atoms with van der Waals surface area (Å²) in [4.78, 5) is 15.9. The van der Waals surface area contributed by atoms with Crippen LogP contribution >= 0.6 is 0 Å². The van der Waals surface area contributed by atoms with Gasteiger partial charge in [-0.1, -0.05) is 18.9 Å². The predicted molar refractivity (Wildman–Crippen MR) is 71.1 cm³/mol. The second-order valence-corrected chi connectivity index (χ2v) is 4.97. The van der Waals surface area contributed by atoms with Gasteiger partial charge < -0.3 is 11.1 Å². The van der Waals surface area contributed by atoms with Crippen molar-refractivity contribution in [2.45, 2.75) is 25.7 Å². The molecule has 0 aromatic carbocycles. The minimum absolute atomic E-state index is 0.0862. The summed E-state index contributed by atoms with van der Waals surface area (Å²) in [6.07, 6.45) is 6.52. The first-order valence-corrected chi connectivity index (χ1v) is 6.70. The fourth-order valence-corrected chi connectivity index (χ4v) is 2.67. The number of pyridine rings is 1. The molecule has 0 saturated heterocycles. The number of carbonyl (C=O) groups excluding carboxylic acids is 1. The third kappa shape index (κ3) is 3.29. The van der Waals surface area contributed by atoms with Crippen molar-refractivity contribution in [2.24, 2.45) is 17.6 Å². The zero-order chi connectivity index (χ0) is 12.8. The highest BCUT2D eigenvalue weighted by atomic mass is 16.1. The lowest BCUT2D eigenvalue weighted by molar-refractivity contribution is 0.0930. The molecule has 1 aromatic heterocycles. The van der Waals surface area contributed by atoms with Gasteiger partial charge in [0.15, 0.2) is 0 Å². The zero-order valence-corrected chi connectivity index (χ0v) is 10.6. The maximum Gasteiger partial charge on any atom is 0.269 e. The van der Waals surface area contributed by atoms with Crippen LogP contribution < -0.4 is 11.1 Å². The van der Waals surface area contributed by atoms with Gasteiger partial charge in [0.1, 0.15) is 5.69 Å². The minimum Gasteiger partial charge on any atom is -0.350 e. The molecule has 2 rings (SSSR count). The molecule has 0 radical (unpaired) electrons. The van der Waals surface area contributed by atoms with E-state index in [4.69, 9.17) is 5.73 Å². The molecule has 3 N–H and O–H groups in total. The molecule has 1 aromatic rings. The SMILES string of the molecule is NCC1CCCCC1CNC(=O)c1ccccn1. The van der Waals surface area contributed by atoms with E-state index in [0.717, 1.165) is 13.1 Å². The lowest BCUT2D eigenvalue weighted by Gasteiger charge is -2.30. The molecule has 18 heavy (non-hydrogen) atoms. The molecule has 0 aliphatic heterocycles. The standard InChI is InChI=1S/C14H21N3O/c15-9-11-5-1-2-6-12(11)10-17-14(18)13-7-3-4-8-16-13/h3-4,7-8,11-12H,1-2,5-6,9-10,15H2,(H,17,18). The normalized spacial score (nSPS) is 23.6. The van der Waals surface area contributed by atoms with Gasteiger partial charge in [0.2, 0.25) is 0 Å². The largest absolute Gasteiger partial charge is 0.350 e. The fraction of sp³-hybridized carbons (Fsp3) is 0.571. The molecular weight excluding hydrogens is 226 g/mol. The van der Waals surface area contributed by atoms with E-state index in [1.165, 1.54) is 25.7 Å². The number of rotatable bonds is 4. The van der Waals surface area contributed by atoms with Gasteiger partial charge in [-0.25, -0.2) is 0 Å². The molecule has 2 atom stereocenters. The van der Waals surface area contributed by atoms with Crippen LogP contribution in [0.4, 0.5) is 0 Å². The minimum atomic E-state index is -0.0862. The summed E-state index contributed by atoms with van der Waals surface area (Å²) in [6, 6.07) is 5.37. The maximum atomic E-state index is 11.9. The monoisotopic (exact) mass is 247 g/mol. The lowest BCUT2D eigenvalue weighted by atomic mass is 9.79. The highest BCUT2D eigenvalue weighted by molar-refractivity contribution is 5.92. The van der Waals surface area contributed by atoms with E-state index in [9.17, 15) is 4.79 Å². The molecule has 1 fully saturated rings. The number of nitrogens with zero attached hydrogens (tertiary/aromatic N) is 1. The van der Waals surface area contributed by atoms with E-state index in [1.54, 1.807) is 12.3 Å². The topological polar surface area (TPSA) is 68.0 Å². The van der Waals surface area contributed by atoms with Crippen molar-refractivity contribution in [1.82, 2.24) is 10.3 Å². The Bertz CT molecular complexity index is 380. The van der Waals surface area contributed by atoms with Crippen LogP contribution in [0.1, 0.15) is 36.2 Å². The van der Waals surface area contributed by atoms with E-state index in [2.05, 4.69) is 10.3 Å². The number of hydrogen-bond acceptors (Lipinski definition) is 3. The van der Waals surface area contributed by atoms with Crippen molar-refractivity contribution in [3.05, 3.63) is 30.1 Å². The first-order valence-electron chi connectivity index (χ1n) is 6.70. The third-order valence-electron chi connectivity index (χ3n) is 3.79. The van der Waals surface area contributed by atoms with Gasteiger partial charge in [0, 0.05) is 12.7 Å². The molecule has 4 nitrogen and oxygen atoms in total. The fourth-order valence-electron chi connectivity index (χ4n) is 2.67. The number of amides is 1. The highest BCUT2D eigenvalue weighted by Crippen LogP contribution is 2.28. The van der Waals surface area contributed by atoms with Crippen LogP contribution in [-0.4, -0.2) is 24.0 Å². The second-order valence-electron chi connectivity index (χ2n) is 4.97. The summed E-state index contributed by atoms with van der Waals surface area (Å²) in [5.41, 5.74) is 6.27.